The minimum atomic E-state index is -0.133. The van der Waals surface area contributed by atoms with Gasteiger partial charge in [-0.25, -0.2) is 4.79 Å². The molecule has 0 amide bonds. The molecule has 106 valence electrons. The summed E-state index contributed by atoms with van der Waals surface area (Å²) in [5, 5.41) is 0. The van der Waals surface area contributed by atoms with Gasteiger partial charge in [0.2, 0.25) is 0 Å². The van der Waals surface area contributed by atoms with Gasteiger partial charge in [-0.1, -0.05) is 34.1 Å². The Morgan fingerprint density at radius 2 is 1.90 bits per heavy atom. The summed E-state index contributed by atoms with van der Waals surface area (Å²) in [6.45, 7) is 0. The van der Waals surface area contributed by atoms with Gasteiger partial charge in [0.25, 0.3) is 0 Å². The van der Waals surface area contributed by atoms with E-state index in [0.29, 0.717) is 0 Å². The van der Waals surface area contributed by atoms with Crippen molar-refractivity contribution in [3.05, 3.63) is 69.7 Å². The van der Waals surface area contributed by atoms with Crippen LogP contribution in [0.1, 0.15) is 0 Å². The standard InChI is InChI=1S/C16H13BrN2OS/c1-21-14-4-2-3-13(9-14)19-10-15(18-16(19)20)11-5-7-12(17)8-6-11/h2-10H,1H3,(H,18,20). The molecule has 21 heavy (non-hydrogen) atoms. The Hall–Kier alpha value is -1.72. The van der Waals surface area contributed by atoms with Crippen molar-refractivity contribution in [2.45, 2.75) is 4.90 Å². The van der Waals surface area contributed by atoms with Crippen LogP contribution in [0.15, 0.2) is 68.9 Å². The molecule has 1 aromatic heterocycles. The molecule has 3 nitrogen and oxygen atoms in total. The van der Waals surface area contributed by atoms with Crippen LogP contribution in [0.4, 0.5) is 0 Å². The summed E-state index contributed by atoms with van der Waals surface area (Å²) in [7, 11) is 0. The maximum absolute atomic E-state index is 12.2. The Labute approximate surface area is 135 Å². The van der Waals surface area contributed by atoms with Crippen LogP contribution in [-0.2, 0) is 0 Å². The van der Waals surface area contributed by atoms with Crippen molar-refractivity contribution in [1.82, 2.24) is 9.55 Å². The van der Waals surface area contributed by atoms with Crippen molar-refractivity contribution in [3.63, 3.8) is 0 Å². The second kappa shape index (κ2) is 5.95. The van der Waals surface area contributed by atoms with Crippen LogP contribution in [0.5, 0.6) is 0 Å². The second-order valence-corrected chi connectivity index (χ2v) is 6.35. The second-order valence-electron chi connectivity index (χ2n) is 4.55. The van der Waals surface area contributed by atoms with Gasteiger partial charge in [-0.05, 0) is 42.2 Å². The maximum atomic E-state index is 12.2. The van der Waals surface area contributed by atoms with E-state index in [9.17, 15) is 4.79 Å². The zero-order chi connectivity index (χ0) is 14.8. The Bertz CT molecular complexity index is 821. The first-order chi connectivity index (χ1) is 10.2. The third kappa shape index (κ3) is 2.99. The van der Waals surface area contributed by atoms with Gasteiger partial charge >= 0.3 is 5.69 Å². The number of thioether (sulfide) groups is 1. The first-order valence-electron chi connectivity index (χ1n) is 6.39. The number of benzene rings is 2. The molecule has 0 aliphatic rings. The quantitative estimate of drug-likeness (QED) is 0.706. The lowest BCUT2D eigenvalue weighted by Crippen LogP contribution is -2.13. The van der Waals surface area contributed by atoms with E-state index >= 15 is 0 Å². The number of nitrogens with one attached hydrogen (secondary N) is 1. The van der Waals surface area contributed by atoms with E-state index in [4.69, 9.17) is 0 Å². The van der Waals surface area contributed by atoms with Crippen molar-refractivity contribution in [2.24, 2.45) is 0 Å². The van der Waals surface area contributed by atoms with Crippen molar-refractivity contribution in [2.75, 3.05) is 6.26 Å². The van der Waals surface area contributed by atoms with Gasteiger partial charge in [0.05, 0.1) is 11.4 Å². The van der Waals surface area contributed by atoms with Crippen molar-refractivity contribution in [1.29, 1.82) is 0 Å². The molecule has 3 rings (SSSR count). The number of halogens is 1. The Kier molecular flexibility index (Phi) is 4.03. The number of hydrogen-bond acceptors (Lipinski definition) is 2. The first-order valence-corrected chi connectivity index (χ1v) is 8.41. The van der Waals surface area contributed by atoms with Crippen molar-refractivity contribution >= 4 is 27.7 Å². The Morgan fingerprint density at radius 3 is 2.62 bits per heavy atom. The molecule has 0 bridgehead atoms. The van der Waals surface area contributed by atoms with Gasteiger partial charge in [-0.15, -0.1) is 11.8 Å². The highest BCUT2D eigenvalue weighted by molar-refractivity contribution is 9.10. The summed E-state index contributed by atoms with van der Waals surface area (Å²) in [5.74, 6) is 0. The van der Waals surface area contributed by atoms with Crippen LogP contribution in [0, 0.1) is 0 Å². The molecule has 0 unspecified atom stereocenters. The van der Waals surface area contributed by atoms with Gasteiger partial charge < -0.3 is 4.98 Å². The maximum Gasteiger partial charge on any atom is 0.330 e. The molecule has 5 heteroatoms. The van der Waals surface area contributed by atoms with Gasteiger partial charge in [0, 0.05) is 15.6 Å². The largest absolute Gasteiger partial charge is 0.330 e. The molecule has 1 heterocycles. The van der Waals surface area contributed by atoms with E-state index in [-0.39, 0.29) is 5.69 Å². The van der Waals surface area contributed by atoms with E-state index in [1.807, 2.05) is 61.0 Å². The zero-order valence-electron chi connectivity index (χ0n) is 11.3. The van der Waals surface area contributed by atoms with Gasteiger partial charge in [-0.3, -0.25) is 4.57 Å². The van der Waals surface area contributed by atoms with Gasteiger partial charge in [0.15, 0.2) is 0 Å². The molecular weight excluding hydrogens is 348 g/mol. The van der Waals surface area contributed by atoms with Gasteiger partial charge in [0.1, 0.15) is 0 Å². The topological polar surface area (TPSA) is 37.8 Å². The van der Waals surface area contributed by atoms with Crippen LogP contribution in [0.3, 0.4) is 0 Å². The average Bonchev–Trinajstić information content (AvgIpc) is 2.90. The number of imidazole rings is 1. The van der Waals surface area contributed by atoms with E-state index in [0.717, 1.165) is 26.3 Å². The van der Waals surface area contributed by atoms with Crippen LogP contribution in [0.25, 0.3) is 16.9 Å². The lowest BCUT2D eigenvalue weighted by Gasteiger charge is -2.03. The lowest BCUT2D eigenvalue weighted by atomic mass is 10.2. The molecule has 1 N–H and O–H groups in total. The average molecular weight is 361 g/mol. The molecule has 0 saturated heterocycles. The molecule has 0 spiro atoms. The summed E-state index contributed by atoms with van der Waals surface area (Å²) in [6.07, 6.45) is 3.86. The van der Waals surface area contributed by atoms with E-state index in [1.54, 1.807) is 16.3 Å². The summed E-state index contributed by atoms with van der Waals surface area (Å²) in [6, 6.07) is 15.8. The van der Waals surface area contributed by atoms with Crippen LogP contribution in [-0.4, -0.2) is 15.8 Å². The molecule has 2 aromatic carbocycles. The SMILES string of the molecule is CSc1cccc(-n2cc(-c3ccc(Br)cc3)[nH]c2=O)c1. The minimum Gasteiger partial charge on any atom is -0.305 e. The van der Waals surface area contributed by atoms with Crippen LogP contribution < -0.4 is 5.69 Å². The molecular formula is C16H13BrN2OS. The monoisotopic (exact) mass is 360 g/mol. The van der Waals surface area contributed by atoms with E-state index in [1.165, 1.54) is 0 Å². The fourth-order valence-corrected chi connectivity index (χ4v) is 2.84. The number of aromatic nitrogens is 2. The number of aromatic amines is 1. The summed E-state index contributed by atoms with van der Waals surface area (Å²) in [5.41, 5.74) is 2.52. The Morgan fingerprint density at radius 1 is 1.14 bits per heavy atom. The third-order valence-corrected chi connectivity index (χ3v) is 4.46. The van der Waals surface area contributed by atoms with Crippen molar-refractivity contribution < 1.29 is 0 Å². The minimum absolute atomic E-state index is 0.133. The summed E-state index contributed by atoms with van der Waals surface area (Å²) in [4.78, 5) is 16.2. The zero-order valence-corrected chi connectivity index (χ0v) is 13.7. The number of H-pyrrole nitrogens is 1. The fourth-order valence-electron chi connectivity index (χ4n) is 2.12. The highest BCUT2D eigenvalue weighted by Crippen LogP contribution is 2.21. The van der Waals surface area contributed by atoms with E-state index < -0.39 is 0 Å². The predicted molar refractivity (Wildman–Crippen MR) is 91.3 cm³/mol. The van der Waals surface area contributed by atoms with Crippen LogP contribution >= 0.6 is 27.7 Å². The molecule has 0 aliphatic carbocycles. The molecule has 0 aliphatic heterocycles. The predicted octanol–water partition coefficient (Wildman–Crippen LogP) is 4.32. The lowest BCUT2D eigenvalue weighted by molar-refractivity contribution is 0.982. The summed E-state index contributed by atoms with van der Waals surface area (Å²) < 4.78 is 2.65. The highest BCUT2D eigenvalue weighted by Gasteiger charge is 2.07. The van der Waals surface area contributed by atoms with Crippen LogP contribution in [0.2, 0.25) is 0 Å². The molecule has 0 atom stereocenters. The number of hydrogen-bond donors (Lipinski definition) is 1. The number of nitrogens with zero attached hydrogens (tertiary/aromatic N) is 1. The molecule has 0 radical (unpaired) electrons. The van der Waals surface area contributed by atoms with Gasteiger partial charge in [-0.2, -0.15) is 0 Å². The third-order valence-electron chi connectivity index (χ3n) is 3.21. The molecule has 0 saturated carbocycles. The van der Waals surface area contributed by atoms with E-state index in [2.05, 4.69) is 20.9 Å². The fraction of sp³-hybridized carbons (Fsp3) is 0.0625. The van der Waals surface area contributed by atoms with Crippen molar-refractivity contribution in [3.8, 4) is 16.9 Å². The highest BCUT2D eigenvalue weighted by atomic mass is 79.9. The Balaban J connectivity index is 2.05. The smallest absolute Gasteiger partial charge is 0.305 e. The molecule has 0 fully saturated rings. The number of rotatable bonds is 3. The first kappa shape index (κ1) is 14.2. The normalized spacial score (nSPS) is 10.8. The summed E-state index contributed by atoms with van der Waals surface area (Å²) >= 11 is 5.07. The molecule has 3 aromatic rings.